The smallest absolute Gasteiger partial charge is 0.343 e. The molecule has 0 N–H and O–H groups in total. The highest BCUT2D eigenvalue weighted by Gasteiger charge is 2.15. The average molecular weight is 549 g/mol. The van der Waals surface area contributed by atoms with Gasteiger partial charge in [0.15, 0.2) is 0 Å². The first kappa shape index (κ1) is 27.1. The summed E-state index contributed by atoms with van der Waals surface area (Å²) in [5.41, 5.74) is 1.30. The second-order valence-corrected chi connectivity index (χ2v) is 9.34. The molecule has 0 heterocycles. The van der Waals surface area contributed by atoms with Crippen molar-refractivity contribution in [2.75, 3.05) is 0 Å². The summed E-state index contributed by atoms with van der Waals surface area (Å²) in [5.74, 6) is -0.441. The van der Waals surface area contributed by atoms with Crippen molar-refractivity contribution < 1.29 is 38.1 Å². The van der Waals surface area contributed by atoms with Gasteiger partial charge in [-0.2, -0.15) is 0 Å². The molecule has 41 heavy (non-hydrogen) atoms. The number of hydrogen-bond donors (Lipinski definition) is 0. The highest BCUT2D eigenvalue weighted by molar-refractivity contribution is 5.98. The van der Waals surface area contributed by atoms with Gasteiger partial charge in [-0.25, -0.2) is 9.59 Å². The lowest BCUT2D eigenvalue weighted by Gasteiger charge is -2.11. The number of hydrogen-bond acceptors (Lipinski definition) is 8. The van der Waals surface area contributed by atoms with Gasteiger partial charge in [-0.05, 0) is 101 Å². The summed E-state index contributed by atoms with van der Waals surface area (Å²) in [6.45, 7) is 4.41. The predicted molar refractivity (Wildman–Crippen MR) is 152 cm³/mol. The Hall–Kier alpha value is -5.50. The average Bonchev–Trinajstić information content (AvgIpc) is 2.93. The van der Waals surface area contributed by atoms with E-state index >= 15 is 0 Å². The van der Waals surface area contributed by atoms with Gasteiger partial charge < -0.3 is 18.9 Å². The quantitative estimate of drug-likeness (QED) is 0.173. The molecule has 0 aliphatic carbocycles. The van der Waals surface area contributed by atoms with Crippen LogP contribution >= 0.6 is 0 Å². The van der Waals surface area contributed by atoms with Gasteiger partial charge in [-0.15, -0.1) is 0 Å². The highest BCUT2D eigenvalue weighted by atomic mass is 16.5. The number of carbonyl (C=O) groups excluding carboxylic acids is 4. The third kappa shape index (κ3) is 6.39. The molecule has 0 aliphatic heterocycles. The maximum atomic E-state index is 12.8. The van der Waals surface area contributed by atoms with Crippen molar-refractivity contribution in [1.29, 1.82) is 0 Å². The Labute approximate surface area is 235 Å². The SMILES string of the molecule is CC(=O)Oc1ccc2cc(C(=O)Oc3ccc(OC(=O)c4ccc5cc(OC(C)=O)ccc5c4)c(C)c3)ccc2c1. The van der Waals surface area contributed by atoms with Gasteiger partial charge >= 0.3 is 23.9 Å². The summed E-state index contributed by atoms with van der Waals surface area (Å²) in [4.78, 5) is 48.0. The first-order valence-corrected chi connectivity index (χ1v) is 12.6. The van der Waals surface area contributed by atoms with Crippen LogP contribution in [-0.2, 0) is 9.59 Å². The fourth-order valence-corrected chi connectivity index (χ4v) is 4.29. The van der Waals surface area contributed by atoms with E-state index in [1.807, 2.05) is 0 Å². The standard InChI is InChI=1S/C33H24O8/c1-19-14-28(40-32(36)26-6-4-24-17-29(38-20(2)34)10-8-22(24)15-26)12-13-31(19)41-33(37)27-7-5-25-18-30(39-21(3)35)11-9-23(25)16-27/h4-18H,1-3H3. The Morgan fingerprint density at radius 1 is 0.463 bits per heavy atom. The lowest BCUT2D eigenvalue weighted by Crippen LogP contribution is -2.10. The lowest BCUT2D eigenvalue weighted by molar-refractivity contribution is -0.132. The molecule has 0 atom stereocenters. The van der Waals surface area contributed by atoms with Gasteiger partial charge in [0, 0.05) is 13.8 Å². The Bertz CT molecular complexity index is 1850. The monoisotopic (exact) mass is 548 g/mol. The molecule has 0 spiro atoms. The van der Waals surface area contributed by atoms with Crippen LogP contribution in [0.5, 0.6) is 23.0 Å². The number of ether oxygens (including phenoxy) is 4. The van der Waals surface area contributed by atoms with Crippen LogP contribution < -0.4 is 18.9 Å². The van der Waals surface area contributed by atoms with E-state index in [0.717, 1.165) is 21.5 Å². The molecule has 8 heteroatoms. The molecule has 0 radical (unpaired) electrons. The molecular weight excluding hydrogens is 524 g/mol. The van der Waals surface area contributed by atoms with Crippen molar-refractivity contribution in [3.8, 4) is 23.0 Å². The molecule has 0 aliphatic rings. The Morgan fingerprint density at radius 3 is 1.37 bits per heavy atom. The molecule has 0 saturated carbocycles. The van der Waals surface area contributed by atoms with E-state index < -0.39 is 23.9 Å². The molecular formula is C33H24O8. The predicted octanol–water partition coefficient (Wildman–Crippen LogP) is 6.59. The highest BCUT2D eigenvalue weighted by Crippen LogP contribution is 2.28. The normalized spacial score (nSPS) is 10.7. The molecule has 0 unspecified atom stereocenters. The number of aryl methyl sites for hydroxylation is 1. The zero-order valence-electron chi connectivity index (χ0n) is 22.4. The van der Waals surface area contributed by atoms with Crippen molar-refractivity contribution in [2.24, 2.45) is 0 Å². The summed E-state index contributed by atoms with van der Waals surface area (Å²) in [5, 5.41) is 3.18. The third-order valence-electron chi connectivity index (χ3n) is 6.18. The van der Waals surface area contributed by atoms with Crippen LogP contribution in [0.25, 0.3) is 21.5 Å². The summed E-state index contributed by atoms with van der Waals surface area (Å²) in [7, 11) is 0. The Morgan fingerprint density at radius 2 is 0.878 bits per heavy atom. The summed E-state index contributed by atoms with van der Waals surface area (Å²) in [6.07, 6.45) is 0. The lowest BCUT2D eigenvalue weighted by atomic mass is 10.1. The van der Waals surface area contributed by atoms with Gasteiger partial charge in [0.25, 0.3) is 0 Å². The van der Waals surface area contributed by atoms with E-state index in [9.17, 15) is 19.2 Å². The third-order valence-corrected chi connectivity index (χ3v) is 6.18. The van der Waals surface area contributed by atoms with E-state index in [1.54, 1.807) is 97.9 Å². The van der Waals surface area contributed by atoms with E-state index in [0.29, 0.717) is 39.7 Å². The van der Waals surface area contributed by atoms with Crippen LogP contribution in [0.1, 0.15) is 40.1 Å². The number of esters is 4. The van der Waals surface area contributed by atoms with E-state index in [1.165, 1.54) is 13.8 Å². The van der Waals surface area contributed by atoms with Crippen molar-refractivity contribution in [3.63, 3.8) is 0 Å². The van der Waals surface area contributed by atoms with Crippen LogP contribution in [-0.4, -0.2) is 23.9 Å². The topological polar surface area (TPSA) is 105 Å². The van der Waals surface area contributed by atoms with E-state index in [2.05, 4.69) is 0 Å². The van der Waals surface area contributed by atoms with Crippen molar-refractivity contribution in [3.05, 3.63) is 108 Å². The zero-order valence-corrected chi connectivity index (χ0v) is 22.4. The number of fused-ring (bicyclic) bond motifs is 2. The minimum Gasteiger partial charge on any atom is -0.427 e. The molecule has 0 saturated heterocycles. The summed E-state index contributed by atoms with van der Waals surface area (Å²) < 4.78 is 21.4. The Balaban J connectivity index is 1.26. The number of carbonyl (C=O) groups is 4. The van der Waals surface area contributed by atoms with Crippen LogP contribution in [0.4, 0.5) is 0 Å². The molecule has 0 amide bonds. The van der Waals surface area contributed by atoms with Crippen molar-refractivity contribution in [1.82, 2.24) is 0 Å². The first-order chi connectivity index (χ1) is 19.6. The Kier molecular flexibility index (Phi) is 7.47. The molecule has 0 bridgehead atoms. The van der Waals surface area contributed by atoms with E-state index in [4.69, 9.17) is 18.9 Å². The molecule has 8 nitrogen and oxygen atoms in total. The summed E-state index contributed by atoms with van der Waals surface area (Å²) >= 11 is 0. The maximum absolute atomic E-state index is 12.8. The second-order valence-electron chi connectivity index (χ2n) is 9.34. The molecule has 5 rings (SSSR count). The fourth-order valence-electron chi connectivity index (χ4n) is 4.29. The molecule has 5 aromatic carbocycles. The molecule has 204 valence electrons. The van der Waals surface area contributed by atoms with Gasteiger partial charge in [-0.1, -0.05) is 24.3 Å². The molecule has 0 aromatic heterocycles. The van der Waals surface area contributed by atoms with Crippen molar-refractivity contribution >= 4 is 45.4 Å². The first-order valence-electron chi connectivity index (χ1n) is 12.6. The van der Waals surface area contributed by atoms with Crippen LogP contribution in [0.3, 0.4) is 0 Å². The van der Waals surface area contributed by atoms with E-state index in [-0.39, 0.29) is 0 Å². The maximum Gasteiger partial charge on any atom is 0.343 e. The van der Waals surface area contributed by atoms with Crippen LogP contribution in [0.15, 0.2) is 91.0 Å². The largest absolute Gasteiger partial charge is 0.427 e. The van der Waals surface area contributed by atoms with Gasteiger partial charge in [0.1, 0.15) is 23.0 Å². The minimum atomic E-state index is -0.548. The number of benzene rings is 5. The molecule has 0 fully saturated rings. The fraction of sp³-hybridized carbons (Fsp3) is 0.0909. The van der Waals surface area contributed by atoms with Gasteiger partial charge in [0.2, 0.25) is 0 Å². The molecule has 5 aromatic rings. The van der Waals surface area contributed by atoms with Gasteiger partial charge in [0.05, 0.1) is 11.1 Å². The second kappa shape index (κ2) is 11.3. The minimum absolute atomic E-state index is 0.298. The number of rotatable bonds is 6. The van der Waals surface area contributed by atoms with Gasteiger partial charge in [-0.3, -0.25) is 9.59 Å². The van der Waals surface area contributed by atoms with Crippen LogP contribution in [0, 0.1) is 6.92 Å². The zero-order chi connectivity index (χ0) is 29.1. The van der Waals surface area contributed by atoms with Crippen molar-refractivity contribution in [2.45, 2.75) is 20.8 Å². The summed E-state index contributed by atoms with van der Waals surface area (Å²) in [6, 6.07) is 25.1. The van der Waals surface area contributed by atoms with Crippen LogP contribution in [0.2, 0.25) is 0 Å².